The van der Waals surface area contributed by atoms with E-state index in [9.17, 15) is 24.6 Å². The van der Waals surface area contributed by atoms with Crippen LogP contribution in [0, 0.1) is 0 Å². The zero-order valence-corrected chi connectivity index (χ0v) is 15.8. The molecule has 3 unspecified atom stereocenters. The largest absolute Gasteiger partial charge is 0.480 e. The summed E-state index contributed by atoms with van der Waals surface area (Å²) in [6.45, 7) is 1.20. The molecule has 3 atom stereocenters. The molecule has 2 fully saturated rings. The molecule has 8 nitrogen and oxygen atoms in total. The second-order valence-corrected chi connectivity index (χ2v) is 7.41. The van der Waals surface area contributed by atoms with Crippen LogP contribution in [0.1, 0.15) is 37.7 Å². The van der Waals surface area contributed by atoms with Gasteiger partial charge in [0, 0.05) is 13.1 Å². The normalized spacial score (nSPS) is 23.9. The monoisotopic (exact) mass is 389 g/mol. The highest BCUT2D eigenvalue weighted by molar-refractivity contribution is 5.88. The number of nitrogens with one attached hydrogen (secondary N) is 1. The van der Waals surface area contributed by atoms with Crippen molar-refractivity contribution in [2.24, 2.45) is 0 Å². The van der Waals surface area contributed by atoms with E-state index < -0.39 is 30.1 Å². The first-order valence-electron chi connectivity index (χ1n) is 9.81. The zero-order chi connectivity index (χ0) is 20.1. The standard InChI is InChI=1S/C20H27N3O5/c24-18-15(11-13-22-12-5-10-17(20(27)28)23(18)22)21-16(19(25)26)9-4-8-14-6-2-1-3-7-14/h1-3,6-7,15-17,21H,4-5,8-13H2,(H,25,26)(H,27,28). The number of rotatable bonds is 8. The summed E-state index contributed by atoms with van der Waals surface area (Å²) in [5.41, 5.74) is 1.15. The summed E-state index contributed by atoms with van der Waals surface area (Å²) >= 11 is 0. The highest BCUT2D eigenvalue weighted by Crippen LogP contribution is 2.25. The fourth-order valence-corrected chi connectivity index (χ4v) is 4.03. The quantitative estimate of drug-likeness (QED) is 0.611. The zero-order valence-electron chi connectivity index (χ0n) is 15.8. The van der Waals surface area contributed by atoms with Gasteiger partial charge in [-0.05, 0) is 44.1 Å². The van der Waals surface area contributed by atoms with Crippen LogP contribution in [0.5, 0.6) is 0 Å². The van der Waals surface area contributed by atoms with Crippen molar-refractivity contribution >= 4 is 17.8 Å². The van der Waals surface area contributed by atoms with Gasteiger partial charge < -0.3 is 10.2 Å². The number of fused-ring (bicyclic) bond motifs is 1. The number of carboxylic acids is 2. The summed E-state index contributed by atoms with van der Waals surface area (Å²) in [5, 5.41) is 25.1. The maximum atomic E-state index is 12.9. The van der Waals surface area contributed by atoms with Crippen molar-refractivity contribution in [3.8, 4) is 0 Å². The van der Waals surface area contributed by atoms with Crippen LogP contribution >= 0.6 is 0 Å². The number of hydrogen-bond acceptors (Lipinski definition) is 5. The number of aryl methyl sites for hydroxylation is 1. The Labute approximate surface area is 164 Å². The molecule has 0 aliphatic carbocycles. The number of amides is 1. The smallest absolute Gasteiger partial charge is 0.328 e. The fourth-order valence-electron chi connectivity index (χ4n) is 4.03. The van der Waals surface area contributed by atoms with Gasteiger partial charge in [-0.15, -0.1) is 0 Å². The Balaban J connectivity index is 1.60. The Morgan fingerprint density at radius 2 is 1.89 bits per heavy atom. The molecule has 2 heterocycles. The predicted molar refractivity (Wildman–Crippen MR) is 101 cm³/mol. The SMILES string of the molecule is O=C(O)C(CCCc1ccccc1)NC1CCN2CCCC(C(=O)O)N2C1=O. The van der Waals surface area contributed by atoms with Gasteiger partial charge in [0.1, 0.15) is 12.1 Å². The molecule has 1 aromatic rings. The minimum Gasteiger partial charge on any atom is -0.480 e. The van der Waals surface area contributed by atoms with E-state index in [0.29, 0.717) is 38.8 Å². The molecule has 0 saturated carbocycles. The van der Waals surface area contributed by atoms with Crippen molar-refractivity contribution in [1.29, 1.82) is 0 Å². The van der Waals surface area contributed by atoms with E-state index in [1.807, 2.05) is 30.3 Å². The average molecular weight is 389 g/mol. The lowest BCUT2D eigenvalue weighted by molar-refractivity contribution is -0.183. The molecule has 0 aromatic heterocycles. The highest BCUT2D eigenvalue weighted by Gasteiger charge is 2.43. The summed E-state index contributed by atoms with van der Waals surface area (Å²) in [7, 11) is 0. The second-order valence-electron chi connectivity index (χ2n) is 7.41. The number of aliphatic carboxylic acids is 2. The molecule has 2 saturated heterocycles. The van der Waals surface area contributed by atoms with Crippen molar-refractivity contribution < 1.29 is 24.6 Å². The third-order valence-corrected chi connectivity index (χ3v) is 5.48. The van der Waals surface area contributed by atoms with Crippen LogP contribution in [0.25, 0.3) is 0 Å². The number of hydrogen-bond donors (Lipinski definition) is 3. The van der Waals surface area contributed by atoms with E-state index in [4.69, 9.17) is 0 Å². The molecule has 152 valence electrons. The van der Waals surface area contributed by atoms with Crippen LogP contribution < -0.4 is 5.32 Å². The molecule has 1 amide bonds. The van der Waals surface area contributed by atoms with Crippen molar-refractivity contribution in [2.45, 2.75) is 56.7 Å². The number of nitrogens with zero attached hydrogens (tertiary/aromatic N) is 2. The lowest BCUT2D eigenvalue weighted by atomic mass is 10.00. The summed E-state index contributed by atoms with van der Waals surface area (Å²) in [6, 6.07) is 7.47. The first-order chi connectivity index (χ1) is 13.5. The van der Waals surface area contributed by atoms with Crippen LogP contribution in [-0.4, -0.2) is 69.3 Å². The summed E-state index contributed by atoms with van der Waals surface area (Å²) < 4.78 is 0. The van der Waals surface area contributed by atoms with Gasteiger partial charge in [0.2, 0.25) is 0 Å². The minimum absolute atomic E-state index is 0.340. The number of benzene rings is 1. The molecular weight excluding hydrogens is 362 g/mol. The fraction of sp³-hybridized carbons (Fsp3) is 0.550. The maximum Gasteiger partial charge on any atom is 0.328 e. The number of carbonyl (C=O) groups excluding carboxylic acids is 1. The van der Waals surface area contributed by atoms with Gasteiger partial charge in [-0.1, -0.05) is 30.3 Å². The van der Waals surface area contributed by atoms with Crippen molar-refractivity contribution in [1.82, 2.24) is 15.3 Å². The predicted octanol–water partition coefficient (Wildman–Crippen LogP) is 1.12. The molecule has 0 radical (unpaired) electrons. The lowest BCUT2D eigenvalue weighted by Gasteiger charge is -2.47. The van der Waals surface area contributed by atoms with E-state index in [2.05, 4.69) is 5.32 Å². The molecule has 2 aliphatic rings. The van der Waals surface area contributed by atoms with Crippen LogP contribution in [0.2, 0.25) is 0 Å². The van der Waals surface area contributed by atoms with Crippen molar-refractivity contribution in [3.05, 3.63) is 35.9 Å². The Hall–Kier alpha value is -2.45. The van der Waals surface area contributed by atoms with E-state index >= 15 is 0 Å². The molecule has 3 rings (SSSR count). The summed E-state index contributed by atoms with van der Waals surface area (Å²) in [6.07, 6.45) is 3.48. The van der Waals surface area contributed by atoms with Crippen LogP contribution in [0.3, 0.4) is 0 Å². The molecule has 0 bridgehead atoms. The number of carboxylic acid groups (broad SMARTS) is 2. The topological polar surface area (TPSA) is 110 Å². The molecule has 1 aromatic carbocycles. The van der Waals surface area contributed by atoms with Crippen LogP contribution in [0.4, 0.5) is 0 Å². The van der Waals surface area contributed by atoms with Gasteiger partial charge in [0.25, 0.3) is 5.91 Å². The summed E-state index contributed by atoms with van der Waals surface area (Å²) in [4.78, 5) is 36.1. The maximum absolute atomic E-state index is 12.9. The Kier molecular flexibility index (Phi) is 6.64. The minimum atomic E-state index is -1.02. The van der Waals surface area contributed by atoms with Crippen molar-refractivity contribution in [2.75, 3.05) is 13.1 Å². The van der Waals surface area contributed by atoms with E-state index in [1.54, 1.807) is 5.01 Å². The molecule has 8 heteroatoms. The molecular formula is C20H27N3O5. The first kappa shape index (κ1) is 20.3. The van der Waals surface area contributed by atoms with Gasteiger partial charge in [-0.3, -0.25) is 19.9 Å². The Morgan fingerprint density at radius 1 is 1.14 bits per heavy atom. The third kappa shape index (κ3) is 4.69. The highest BCUT2D eigenvalue weighted by atomic mass is 16.4. The molecule has 28 heavy (non-hydrogen) atoms. The van der Waals surface area contributed by atoms with Gasteiger partial charge in [0.05, 0.1) is 6.04 Å². The molecule has 3 N–H and O–H groups in total. The van der Waals surface area contributed by atoms with Gasteiger partial charge in [-0.2, -0.15) is 0 Å². The van der Waals surface area contributed by atoms with E-state index in [0.717, 1.165) is 18.4 Å². The van der Waals surface area contributed by atoms with Gasteiger partial charge in [-0.25, -0.2) is 9.80 Å². The summed E-state index contributed by atoms with van der Waals surface area (Å²) in [5.74, 6) is -2.35. The van der Waals surface area contributed by atoms with Crippen molar-refractivity contribution in [3.63, 3.8) is 0 Å². The molecule has 0 spiro atoms. The van der Waals surface area contributed by atoms with Gasteiger partial charge in [0.15, 0.2) is 0 Å². The molecule has 2 aliphatic heterocycles. The Bertz CT molecular complexity index is 711. The average Bonchev–Trinajstić information content (AvgIpc) is 2.69. The van der Waals surface area contributed by atoms with Crippen LogP contribution in [-0.2, 0) is 20.8 Å². The van der Waals surface area contributed by atoms with Gasteiger partial charge >= 0.3 is 11.9 Å². The van der Waals surface area contributed by atoms with E-state index in [-0.39, 0.29) is 5.91 Å². The first-order valence-corrected chi connectivity index (χ1v) is 9.81. The number of carbonyl (C=O) groups is 3. The second kappa shape index (κ2) is 9.16. The van der Waals surface area contributed by atoms with E-state index in [1.165, 1.54) is 5.01 Å². The Morgan fingerprint density at radius 3 is 2.57 bits per heavy atom. The van der Waals surface area contributed by atoms with Crippen LogP contribution in [0.15, 0.2) is 30.3 Å². The third-order valence-electron chi connectivity index (χ3n) is 5.48. The number of hydrazine groups is 1. The lowest BCUT2D eigenvalue weighted by Crippen LogP contribution is -2.67.